The van der Waals surface area contributed by atoms with Gasteiger partial charge in [-0.05, 0) is 112 Å². The molecule has 4 aliphatic rings. The summed E-state index contributed by atoms with van der Waals surface area (Å²) in [6.07, 6.45) is 7.56. The van der Waals surface area contributed by atoms with Crippen LogP contribution in [-0.2, 0) is 25.6 Å². The summed E-state index contributed by atoms with van der Waals surface area (Å²) in [5.74, 6) is -1.03. The molecular formula is C35H55N9O6. The highest BCUT2D eigenvalue weighted by Gasteiger charge is 2.52. The highest BCUT2D eigenvalue weighted by molar-refractivity contribution is 5.95. The minimum Gasteiger partial charge on any atom is -0.465 e. The first kappa shape index (κ1) is 38.4. The molecule has 4 bridgehead atoms. The summed E-state index contributed by atoms with van der Waals surface area (Å²) < 4.78 is 0. The van der Waals surface area contributed by atoms with Gasteiger partial charge in [-0.3, -0.25) is 24.6 Å². The van der Waals surface area contributed by atoms with Crippen LogP contribution < -0.4 is 43.8 Å². The molecule has 13 N–H and O–H groups in total. The van der Waals surface area contributed by atoms with Crippen molar-refractivity contribution in [1.29, 1.82) is 5.41 Å². The number of rotatable bonds is 20. The second kappa shape index (κ2) is 18.0. The van der Waals surface area contributed by atoms with Gasteiger partial charge in [-0.2, -0.15) is 0 Å². The molecule has 4 saturated carbocycles. The number of nitrogens with one attached hydrogen (secondary N) is 6. The number of primary amides is 1. The van der Waals surface area contributed by atoms with E-state index in [4.69, 9.17) is 22.6 Å². The fourth-order valence-electron chi connectivity index (χ4n) is 8.78. The van der Waals surface area contributed by atoms with Gasteiger partial charge in [-0.15, -0.1) is 0 Å². The maximum Gasteiger partial charge on any atom is 0.405 e. The summed E-state index contributed by atoms with van der Waals surface area (Å²) in [5, 5.41) is 30.5. The third-order valence-corrected chi connectivity index (χ3v) is 10.6. The Kier molecular flexibility index (Phi) is 13.8. The van der Waals surface area contributed by atoms with Crippen molar-refractivity contribution >= 4 is 35.7 Å². The van der Waals surface area contributed by atoms with Crippen molar-refractivity contribution < 1.29 is 29.1 Å². The van der Waals surface area contributed by atoms with Crippen LogP contribution in [0.1, 0.15) is 82.6 Å². The molecule has 15 heteroatoms. The van der Waals surface area contributed by atoms with Crippen molar-refractivity contribution in [2.45, 2.75) is 108 Å². The number of hydrogen-bond donors (Lipinski definition) is 10. The molecule has 4 fully saturated rings. The molecule has 0 aromatic heterocycles. The van der Waals surface area contributed by atoms with Gasteiger partial charge in [0.1, 0.15) is 24.2 Å². The lowest BCUT2D eigenvalue weighted by Gasteiger charge is -2.57. The summed E-state index contributed by atoms with van der Waals surface area (Å²) in [7, 11) is 0. The van der Waals surface area contributed by atoms with Crippen LogP contribution in [0.4, 0.5) is 4.79 Å². The molecule has 15 nitrogen and oxygen atoms in total. The zero-order chi connectivity index (χ0) is 36.3. The van der Waals surface area contributed by atoms with Gasteiger partial charge in [0.2, 0.25) is 23.6 Å². The number of carboxylic acid groups (broad SMARTS) is 1. The summed E-state index contributed by atoms with van der Waals surface area (Å²) >= 11 is 0. The summed E-state index contributed by atoms with van der Waals surface area (Å²) in [6, 6.07) is 4.72. The lowest BCUT2D eigenvalue weighted by Crippen LogP contribution is -2.59. The quantitative estimate of drug-likeness (QED) is 0.0524. The molecule has 4 atom stereocenters. The molecule has 276 valence electrons. The Morgan fingerprint density at radius 1 is 0.760 bits per heavy atom. The first-order valence-electron chi connectivity index (χ1n) is 17.9. The predicted molar refractivity (Wildman–Crippen MR) is 187 cm³/mol. The Morgan fingerprint density at radius 2 is 1.30 bits per heavy atom. The van der Waals surface area contributed by atoms with E-state index in [2.05, 4.69) is 26.6 Å². The number of guanidine groups is 1. The van der Waals surface area contributed by atoms with E-state index in [1.807, 2.05) is 6.07 Å². The second-order valence-corrected chi connectivity index (χ2v) is 14.7. The average molecular weight is 698 g/mol. The average Bonchev–Trinajstić information content (AvgIpc) is 3.04. The highest BCUT2D eigenvalue weighted by Crippen LogP contribution is 2.61. The largest absolute Gasteiger partial charge is 0.465 e. The third kappa shape index (κ3) is 11.3. The van der Waals surface area contributed by atoms with E-state index in [-0.39, 0.29) is 37.2 Å². The van der Waals surface area contributed by atoms with E-state index >= 15 is 0 Å². The Balaban J connectivity index is 1.52. The zero-order valence-corrected chi connectivity index (χ0v) is 28.8. The summed E-state index contributed by atoms with van der Waals surface area (Å²) in [6.45, 7) is 0.669. The third-order valence-electron chi connectivity index (χ3n) is 10.6. The van der Waals surface area contributed by atoms with E-state index in [1.165, 1.54) is 19.3 Å². The molecule has 0 spiro atoms. The Labute approximate surface area is 293 Å². The summed E-state index contributed by atoms with van der Waals surface area (Å²) in [4.78, 5) is 65.6. The highest BCUT2D eigenvalue weighted by atomic mass is 16.4. The molecular weight excluding hydrogens is 642 g/mol. The number of amides is 5. The van der Waals surface area contributed by atoms with Crippen LogP contribution in [0.15, 0.2) is 30.3 Å². The van der Waals surface area contributed by atoms with Crippen molar-refractivity contribution in [3.8, 4) is 0 Å². The molecule has 50 heavy (non-hydrogen) atoms. The molecule has 5 rings (SSSR count). The lowest BCUT2D eigenvalue weighted by atomic mass is 9.48. The fourth-order valence-corrected chi connectivity index (χ4v) is 8.78. The molecule has 0 radical (unpaired) electrons. The maximum atomic E-state index is 14.0. The topological polar surface area (TPSA) is 268 Å². The monoisotopic (exact) mass is 697 g/mol. The Morgan fingerprint density at radius 3 is 1.86 bits per heavy atom. The molecule has 1 aromatic carbocycles. The molecule has 3 unspecified atom stereocenters. The molecule has 0 saturated heterocycles. The summed E-state index contributed by atoms with van der Waals surface area (Å²) in [5.41, 5.74) is 17.2. The number of benzene rings is 1. The van der Waals surface area contributed by atoms with E-state index in [0.29, 0.717) is 50.0 Å². The van der Waals surface area contributed by atoms with Crippen LogP contribution in [0.25, 0.3) is 0 Å². The molecule has 0 aliphatic heterocycles. The molecule has 5 amide bonds. The van der Waals surface area contributed by atoms with Crippen LogP contribution in [-0.4, -0.2) is 78.0 Å². The zero-order valence-electron chi connectivity index (χ0n) is 28.8. The first-order valence-corrected chi connectivity index (χ1v) is 17.9. The number of unbranched alkanes of at least 4 members (excludes halogenated alkanes) is 1. The van der Waals surface area contributed by atoms with Gasteiger partial charge in [0, 0.05) is 13.0 Å². The second-order valence-electron chi connectivity index (χ2n) is 14.7. The van der Waals surface area contributed by atoms with Crippen LogP contribution in [0.5, 0.6) is 0 Å². The van der Waals surface area contributed by atoms with Gasteiger partial charge in [0.05, 0.1) is 0 Å². The van der Waals surface area contributed by atoms with Gasteiger partial charge < -0.3 is 48.9 Å². The van der Waals surface area contributed by atoms with E-state index in [0.717, 1.165) is 24.8 Å². The van der Waals surface area contributed by atoms with Crippen LogP contribution >= 0.6 is 0 Å². The minimum absolute atomic E-state index is 0.0917. The predicted octanol–water partition coefficient (Wildman–Crippen LogP) is 0.804. The first-order chi connectivity index (χ1) is 23.9. The Hall–Kier alpha value is -4.40. The number of carbonyl (C=O) groups excluding carboxylic acids is 4. The standard InChI is InChI=1S/C35H55N9O6/c36-11-5-4-9-25(29(37)45)41-31(47)27(16-21-7-2-1-3-8-21)43-30(46)26(10-6-12-40-33(38)39)42-32(48)28(44-34(49)50)20-35-17-22-13-23(18-35)15-24(14-22)19-35/h1-3,7-8,22-28,44H,4-6,9-20,36H2,(H2,37,45)(H,41,47)(H,42,48)(H,43,46)(H,49,50)(H4,38,39,40)/t22?,23?,24?,25?,26?,27?,28-,35?/m0/s1. The maximum absolute atomic E-state index is 14.0. The normalized spacial score (nSPS) is 24.2. The minimum atomic E-state index is -1.32. The molecule has 1 aromatic rings. The van der Waals surface area contributed by atoms with Crippen LogP contribution in [0.2, 0.25) is 0 Å². The van der Waals surface area contributed by atoms with Crippen molar-refractivity contribution in [2.24, 2.45) is 40.4 Å². The van der Waals surface area contributed by atoms with Crippen LogP contribution in [0.3, 0.4) is 0 Å². The van der Waals surface area contributed by atoms with Crippen molar-refractivity contribution in [2.75, 3.05) is 13.1 Å². The van der Waals surface area contributed by atoms with E-state index in [9.17, 15) is 29.1 Å². The smallest absolute Gasteiger partial charge is 0.405 e. The lowest BCUT2D eigenvalue weighted by molar-refractivity contribution is -0.134. The van der Waals surface area contributed by atoms with Crippen molar-refractivity contribution in [1.82, 2.24) is 26.6 Å². The van der Waals surface area contributed by atoms with E-state index in [1.54, 1.807) is 24.3 Å². The number of carbonyl (C=O) groups is 5. The van der Waals surface area contributed by atoms with Gasteiger partial charge in [-0.25, -0.2) is 4.79 Å². The van der Waals surface area contributed by atoms with Crippen molar-refractivity contribution in [3.63, 3.8) is 0 Å². The molecule has 4 aliphatic carbocycles. The van der Waals surface area contributed by atoms with Crippen molar-refractivity contribution in [3.05, 3.63) is 35.9 Å². The molecule has 0 heterocycles. The van der Waals surface area contributed by atoms with Gasteiger partial charge in [0.15, 0.2) is 5.96 Å². The Bertz CT molecular complexity index is 1320. The number of nitrogens with two attached hydrogens (primary N) is 3. The SMILES string of the molecule is N=C(N)NCCCC(NC(=O)[C@H](CC12CC3CC(CC(C3)C1)C2)NC(=O)O)C(=O)NC(Cc1ccccc1)C(=O)NC(CCCCN)C(N)=O. The van der Waals surface area contributed by atoms with Gasteiger partial charge in [0.25, 0.3) is 0 Å². The van der Waals surface area contributed by atoms with E-state index < -0.39 is 53.9 Å². The van der Waals surface area contributed by atoms with Crippen LogP contribution in [0, 0.1) is 28.6 Å². The van der Waals surface area contributed by atoms with Gasteiger partial charge in [-0.1, -0.05) is 30.3 Å². The fraction of sp³-hybridized carbons (Fsp3) is 0.657. The van der Waals surface area contributed by atoms with Gasteiger partial charge >= 0.3 is 6.09 Å². The number of hydrogen-bond acceptors (Lipinski definition) is 7.